The summed E-state index contributed by atoms with van der Waals surface area (Å²) in [6, 6.07) is 1.71. The summed E-state index contributed by atoms with van der Waals surface area (Å²) < 4.78 is 10.00. The Labute approximate surface area is 143 Å². The van der Waals surface area contributed by atoms with E-state index in [-0.39, 0.29) is 24.9 Å². The van der Waals surface area contributed by atoms with Crippen molar-refractivity contribution in [2.24, 2.45) is 0 Å². The van der Waals surface area contributed by atoms with Crippen molar-refractivity contribution < 1.29 is 18.8 Å². The molecule has 1 fully saturated rings. The molecule has 1 aliphatic heterocycles. The van der Waals surface area contributed by atoms with Crippen LogP contribution in [0.5, 0.6) is 0 Å². The third kappa shape index (κ3) is 4.35. The van der Waals surface area contributed by atoms with Gasteiger partial charge in [0, 0.05) is 25.5 Å². The molecule has 1 amide bonds. The molecule has 1 aliphatic rings. The van der Waals surface area contributed by atoms with Gasteiger partial charge >= 0.3 is 5.97 Å². The number of esters is 1. The average molecular weight is 346 g/mol. The number of carbonyl (C=O) groups excluding carboxylic acids is 2. The Hall–Kier alpha value is -2.88. The summed E-state index contributed by atoms with van der Waals surface area (Å²) in [4.78, 5) is 37.3. The van der Waals surface area contributed by atoms with Gasteiger partial charge in [-0.3, -0.25) is 14.5 Å². The van der Waals surface area contributed by atoms with Gasteiger partial charge in [-0.25, -0.2) is 9.97 Å². The van der Waals surface area contributed by atoms with Crippen molar-refractivity contribution in [2.75, 3.05) is 32.8 Å². The van der Waals surface area contributed by atoms with E-state index < -0.39 is 5.97 Å². The van der Waals surface area contributed by atoms with Crippen LogP contribution in [-0.2, 0) is 14.3 Å². The minimum absolute atomic E-state index is 0.0721. The van der Waals surface area contributed by atoms with E-state index in [4.69, 9.17) is 9.26 Å². The van der Waals surface area contributed by atoms with Crippen molar-refractivity contribution in [1.82, 2.24) is 30.3 Å². The summed E-state index contributed by atoms with van der Waals surface area (Å²) in [5.41, 5.74) is 0. The molecule has 10 nitrogen and oxygen atoms in total. The highest BCUT2D eigenvalue weighted by Crippen LogP contribution is 2.26. The zero-order valence-electron chi connectivity index (χ0n) is 13.7. The summed E-state index contributed by atoms with van der Waals surface area (Å²) >= 11 is 0. The maximum Gasteiger partial charge on any atom is 0.325 e. The van der Waals surface area contributed by atoms with Crippen LogP contribution in [0.4, 0.5) is 0 Å². The molecule has 1 saturated heterocycles. The standard InChI is InChI=1S/C15H18N6O4/c1-2-24-12(23)6-18-11(22)9-21-7-10(8-21)15-19-14(20-25-15)13-16-4-3-5-17-13/h3-5,10H,2,6-9H2,1H3,(H,18,22). The highest BCUT2D eigenvalue weighted by molar-refractivity contribution is 5.83. The zero-order valence-corrected chi connectivity index (χ0v) is 13.7. The number of likely N-dealkylation sites (tertiary alicyclic amines) is 1. The quantitative estimate of drug-likeness (QED) is 0.667. The van der Waals surface area contributed by atoms with E-state index in [1.54, 1.807) is 25.4 Å². The highest BCUT2D eigenvalue weighted by atomic mass is 16.5. The van der Waals surface area contributed by atoms with Crippen LogP contribution in [-0.4, -0.2) is 69.7 Å². The van der Waals surface area contributed by atoms with Crippen LogP contribution in [0, 0.1) is 0 Å². The van der Waals surface area contributed by atoms with Gasteiger partial charge in [0.25, 0.3) is 0 Å². The van der Waals surface area contributed by atoms with E-state index >= 15 is 0 Å². The summed E-state index contributed by atoms with van der Waals surface area (Å²) in [6.07, 6.45) is 3.22. The number of ether oxygens (including phenoxy) is 1. The number of rotatable bonds is 7. The Morgan fingerprint density at radius 2 is 2.08 bits per heavy atom. The topological polar surface area (TPSA) is 123 Å². The second-order valence-corrected chi connectivity index (χ2v) is 5.50. The molecule has 0 atom stereocenters. The predicted molar refractivity (Wildman–Crippen MR) is 84.1 cm³/mol. The van der Waals surface area contributed by atoms with Crippen molar-refractivity contribution in [1.29, 1.82) is 0 Å². The molecule has 0 radical (unpaired) electrons. The van der Waals surface area contributed by atoms with Crippen LogP contribution in [0.15, 0.2) is 23.0 Å². The highest BCUT2D eigenvalue weighted by Gasteiger charge is 2.33. The Balaban J connectivity index is 1.43. The van der Waals surface area contributed by atoms with Gasteiger partial charge < -0.3 is 14.6 Å². The molecule has 0 bridgehead atoms. The Kier molecular flexibility index (Phi) is 5.29. The molecule has 2 aromatic rings. The maximum atomic E-state index is 11.8. The molecule has 25 heavy (non-hydrogen) atoms. The second kappa shape index (κ2) is 7.79. The van der Waals surface area contributed by atoms with Gasteiger partial charge in [-0.05, 0) is 13.0 Å². The molecule has 0 unspecified atom stereocenters. The van der Waals surface area contributed by atoms with E-state index in [0.717, 1.165) is 0 Å². The normalized spacial score (nSPS) is 14.8. The van der Waals surface area contributed by atoms with Crippen LogP contribution in [0.1, 0.15) is 18.7 Å². The zero-order chi connectivity index (χ0) is 17.6. The number of hydrogen-bond acceptors (Lipinski definition) is 9. The Morgan fingerprint density at radius 1 is 1.32 bits per heavy atom. The van der Waals surface area contributed by atoms with Crippen LogP contribution in [0.25, 0.3) is 11.6 Å². The molecule has 0 aliphatic carbocycles. The Morgan fingerprint density at radius 3 is 2.80 bits per heavy atom. The molecule has 1 N–H and O–H groups in total. The third-order valence-corrected chi connectivity index (χ3v) is 3.62. The van der Waals surface area contributed by atoms with Gasteiger partial charge in [0.1, 0.15) is 6.54 Å². The first-order chi connectivity index (χ1) is 12.2. The number of nitrogens with zero attached hydrogens (tertiary/aromatic N) is 5. The van der Waals surface area contributed by atoms with Crippen LogP contribution in [0.3, 0.4) is 0 Å². The lowest BCUT2D eigenvalue weighted by Gasteiger charge is -2.36. The SMILES string of the molecule is CCOC(=O)CNC(=O)CN1CC(c2nc(-c3ncccn3)no2)C1. The van der Waals surface area contributed by atoms with Gasteiger partial charge in [-0.1, -0.05) is 5.16 Å². The van der Waals surface area contributed by atoms with Gasteiger partial charge in [0.2, 0.25) is 23.4 Å². The van der Waals surface area contributed by atoms with Gasteiger partial charge in [0.15, 0.2) is 0 Å². The molecular weight excluding hydrogens is 328 g/mol. The first-order valence-electron chi connectivity index (χ1n) is 7.91. The van der Waals surface area contributed by atoms with E-state index in [1.807, 2.05) is 4.90 Å². The van der Waals surface area contributed by atoms with Crippen LogP contribution < -0.4 is 5.32 Å². The van der Waals surface area contributed by atoms with E-state index in [1.165, 1.54) is 0 Å². The monoisotopic (exact) mass is 346 g/mol. The summed E-state index contributed by atoms with van der Waals surface area (Å²) in [5, 5.41) is 6.40. The van der Waals surface area contributed by atoms with Crippen molar-refractivity contribution >= 4 is 11.9 Å². The molecule has 10 heteroatoms. The van der Waals surface area contributed by atoms with Gasteiger partial charge in [0.05, 0.1) is 19.1 Å². The van der Waals surface area contributed by atoms with Gasteiger partial charge in [-0.15, -0.1) is 0 Å². The van der Waals surface area contributed by atoms with Crippen molar-refractivity contribution in [2.45, 2.75) is 12.8 Å². The minimum atomic E-state index is -0.446. The maximum absolute atomic E-state index is 11.8. The molecule has 0 spiro atoms. The number of amides is 1. The van der Waals surface area contributed by atoms with Crippen molar-refractivity contribution in [3.05, 3.63) is 24.4 Å². The first kappa shape index (κ1) is 17.0. The second-order valence-electron chi connectivity index (χ2n) is 5.50. The summed E-state index contributed by atoms with van der Waals surface area (Å²) in [7, 11) is 0. The summed E-state index contributed by atoms with van der Waals surface area (Å²) in [6.45, 7) is 3.36. The van der Waals surface area contributed by atoms with Crippen LogP contribution >= 0.6 is 0 Å². The molecule has 2 aromatic heterocycles. The molecule has 0 saturated carbocycles. The number of carbonyl (C=O) groups is 2. The predicted octanol–water partition coefficient (Wildman–Crippen LogP) is -0.395. The molecular formula is C15H18N6O4. The average Bonchev–Trinajstić information content (AvgIpc) is 3.06. The molecule has 0 aromatic carbocycles. The minimum Gasteiger partial charge on any atom is -0.465 e. The lowest BCUT2D eigenvalue weighted by molar-refractivity contribution is -0.143. The summed E-state index contributed by atoms with van der Waals surface area (Å²) in [5.74, 6) is 0.663. The fourth-order valence-corrected chi connectivity index (χ4v) is 2.40. The smallest absolute Gasteiger partial charge is 0.325 e. The van der Waals surface area contributed by atoms with E-state index in [2.05, 4.69) is 25.4 Å². The molecule has 3 heterocycles. The van der Waals surface area contributed by atoms with Crippen molar-refractivity contribution in [3.8, 4) is 11.6 Å². The Bertz CT molecular complexity index is 729. The van der Waals surface area contributed by atoms with E-state index in [0.29, 0.717) is 37.2 Å². The number of aromatic nitrogens is 4. The first-order valence-corrected chi connectivity index (χ1v) is 7.91. The fraction of sp³-hybridized carbons (Fsp3) is 0.467. The third-order valence-electron chi connectivity index (χ3n) is 3.62. The number of hydrogen-bond donors (Lipinski definition) is 1. The lowest BCUT2D eigenvalue weighted by atomic mass is 10.0. The van der Waals surface area contributed by atoms with E-state index in [9.17, 15) is 9.59 Å². The molecule has 132 valence electrons. The lowest BCUT2D eigenvalue weighted by Crippen LogP contribution is -2.50. The van der Waals surface area contributed by atoms with Crippen LogP contribution in [0.2, 0.25) is 0 Å². The van der Waals surface area contributed by atoms with Crippen molar-refractivity contribution in [3.63, 3.8) is 0 Å². The largest absolute Gasteiger partial charge is 0.465 e. The fourth-order valence-electron chi connectivity index (χ4n) is 2.40. The van der Waals surface area contributed by atoms with Gasteiger partial charge in [-0.2, -0.15) is 4.98 Å². The molecule has 3 rings (SSSR count). The number of nitrogens with one attached hydrogen (secondary N) is 1.